The number of hydrogen-bond acceptors (Lipinski definition) is 3. The molecule has 0 radical (unpaired) electrons. The second-order valence-electron chi connectivity index (χ2n) is 7.00. The lowest BCUT2D eigenvalue weighted by Gasteiger charge is -2.10. The highest BCUT2D eigenvalue weighted by Gasteiger charge is 2.22. The summed E-state index contributed by atoms with van der Waals surface area (Å²) in [4.78, 5) is 29.5. The van der Waals surface area contributed by atoms with Gasteiger partial charge in [0.05, 0.1) is 5.69 Å². The highest BCUT2D eigenvalue weighted by Crippen LogP contribution is 2.38. The van der Waals surface area contributed by atoms with Crippen LogP contribution in [0.15, 0.2) is 47.3 Å². The molecule has 3 aromatic rings. The minimum absolute atomic E-state index is 0.00742. The van der Waals surface area contributed by atoms with E-state index in [4.69, 9.17) is 0 Å². The molecule has 132 valence electrons. The van der Waals surface area contributed by atoms with Crippen LogP contribution in [0.25, 0.3) is 22.0 Å². The number of aromatic amines is 1. The Morgan fingerprint density at radius 1 is 1.15 bits per heavy atom. The summed E-state index contributed by atoms with van der Waals surface area (Å²) < 4.78 is 0. The molecule has 5 nitrogen and oxygen atoms in total. The van der Waals surface area contributed by atoms with Crippen LogP contribution in [-0.2, 0) is 11.2 Å². The van der Waals surface area contributed by atoms with Crippen molar-refractivity contribution in [2.45, 2.75) is 12.8 Å². The Labute approximate surface area is 151 Å². The van der Waals surface area contributed by atoms with Crippen molar-refractivity contribution in [3.05, 3.63) is 63.9 Å². The predicted octanol–water partition coefficient (Wildman–Crippen LogP) is 2.99. The third-order valence-electron chi connectivity index (χ3n) is 4.85. The second kappa shape index (κ2) is 6.42. The van der Waals surface area contributed by atoms with E-state index in [2.05, 4.69) is 10.3 Å². The van der Waals surface area contributed by atoms with Gasteiger partial charge in [0.25, 0.3) is 5.56 Å². The summed E-state index contributed by atoms with van der Waals surface area (Å²) in [5, 5.41) is 4.68. The Balaban J connectivity index is 1.65. The Hall–Kier alpha value is -2.92. The third kappa shape index (κ3) is 2.91. The zero-order chi connectivity index (χ0) is 18.3. The molecular weight excluding hydrogens is 326 g/mol. The van der Waals surface area contributed by atoms with Crippen molar-refractivity contribution in [3.63, 3.8) is 0 Å². The van der Waals surface area contributed by atoms with Gasteiger partial charge in [0.1, 0.15) is 0 Å². The number of amides is 1. The van der Waals surface area contributed by atoms with Crippen LogP contribution in [0.2, 0.25) is 0 Å². The van der Waals surface area contributed by atoms with Crippen molar-refractivity contribution in [3.8, 4) is 11.3 Å². The minimum Gasteiger partial charge on any atom is -0.326 e. The van der Waals surface area contributed by atoms with Gasteiger partial charge in [-0.2, -0.15) is 0 Å². The van der Waals surface area contributed by atoms with Crippen LogP contribution in [0.5, 0.6) is 0 Å². The molecule has 1 aliphatic rings. The van der Waals surface area contributed by atoms with Crippen LogP contribution in [0.4, 0.5) is 5.69 Å². The first-order chi connectivity index (χ1) is 12.5. The molecule has 0 saturated heterocycles. The molecule has 2 N–H and O–H groups in total. The zero-order valence-corrected chi connectivity index (χ0v) is 14.9. The van der Waals surface area contributed by atoms with E-state index >= 15 is 0 Å². The first-order valence-electron chi connectivity index (χ1n) is 8.74. The van der Waals surface area contributed by atoms with Crippen LogP contribution in [0.1, 0.15) is 17.5 Å². The fraction of sp³-hybridized carbons (Fsp3) is 0.238. The van der Waals surface area contributed by atoms with Crippen molar-refractivity contribution in [2.75, 3.05) is 26.0 Å². The van der Waals surface area contributed by atoms with Crippen LogP contribution >= 0.6 is 0 Å². The summed E-state index contributed by atoms with van der Waals surface area (Å²) in [6.45, 7) is 0.718. The van der Waals surface area contributed by atoms with E-state index in [9.17, 15) is 9.59 Å². The van der Waals surface area contributed by atoms with Gasteiger partial charge in [-0.1, -0.05) is 24.3 Å². The molecule has 0 atom stereocenters. The van der Waals surface area contributed by atoms with Gasteiger partial charge in [0.15, 0.2) is 0 Å². The number of H-pyrrole nitrogens is 1. The van der Waals surface area contributed by atoms with Gasteiger partial charge in [0, 0.05) is 36.0 Å². The van der Waals surface area contributed by atoms with Crippen molar-refractivity contribution in [1.82, 2.24) is 9.88 Å². The van der Waals surface area contributed by atoms with Crippen LogP contribution in [-0.4, -0.2) is 36.4 Å². The van der Waals surface area contributed by atoms with Gasteiger partial charge >= 0.3 is 0 Å². The van der Waals surface area contributed by atoms with E-state index in [0.717, 1.165) is 51.8 Å². The molecule has 1 amide bonds. The summed E-state index contributed by atoms with van der Waals surface area (Å²) in [6.07, 6.45) is 1.21. The smallest absolute Gasteiger partial charge is 0.256 e. The van der Waals surface area contributed by atoms with Gasteiger partial charge < -0.3 is 15.2 Å². The van der Waals surface area contributed by atoms with Gasteiger partial charge in [-0.15, -0.1) is 0 Å². The average molecular weight is 347 g/mol. The normalized spacial score (nSPS) is 12.3. The van der Waals surface area contributed by atoms with Crippen LogP contribution in [0.3, 0.4) is 0 Å². The molecule has 2 aromatic carbocycles. The Morgan fingerprint density at radius 2 is 1.92 bits per heavy atom. The molecule has 26 heavy (non-hydrogen) atoms. The number of aromatic nitrogens is 1. The molecule has 1 heterocycles. The van der Waals surface area contributed by atoms with E-state index < -0.39 is 0 Å². The van der Waals surface area contributed by atoms with E-state index in [0.29, 0.717) is 6.42 Å². The standard InChI is InChI=1S/C21H21N3O2/c1-24(2)10-9-19(25)22-14-7-8-15-13(11-14)12-18-16-5-3-4-6-17(16)21(26)23-20(15)18/h3-8,11H,9-10,12H2,1-2H3,(H,22,25)(H,23,26). The van der Waals surface area contributed by atoms with Gasteiger partial charge in [-0.05, 0) is 48.8 Å². The first kappa shape index (κ1) is 16.5. The number of carbonyl (C=O) groups excluding carboxylic acids is 1. The number of carbonyl (C=O) groups is 1. The topological polar surface area (TPSA) is 65.2 Å². The van der Waals surface area contributed by atoms with E-state index in [-0.39, 0.29) is 11.5 Å². The molecule has 0 unspecified atom stereocenters. The predicted molar refractivity (Wildman–Crippen MR) is 105 cm³/mol. The number of nitrogens with one attached hydrogen (secondary N) is 2. The summed E-state index contributed by atoms with van der Waals surface area (Å²) in [5.41, 5.74) is 4.94. The molecule has 0 spiro atoms. The molecular formula is C21H21N3O2. The lowest BCUT2D eigenvalue weighted by atomic mass is 10.0. The fourth-order valence-electron chi connectivity index (χ4n) is 3.55. The number of fused-ring (bicyclic) bond motifs is 5. The van der Waals surface area contributed by atoms with E-state index in [1.807, 2.05) is 61.5 Å². The van der Waals surface area contributed by atoms with Gasteiger partial charge in [0.2, 0.25) is 5.91 Å². The van der Waals surface area contributed by atoms with Gasteiger partial charge in [-0.3, -0.25) is 9.59 Å². The maximum atomic E-state index is 12.4. The number of pyridine rings is 1. The largest absolute Gasteiger partial charge is 0.326 e. The summed E-state index contributed by atoms with van der Waals surface area (Å²) >= 11 is 0. The number of anilines is 1. The molecule has 1 aromatic heterocycles. The maximum absolute atomic E-state index is 12.4. The average Bonchev–Trinajstić information content (AvgIpc) is 2.98. The fourth-order valence-corrected chi connectivity index (χ4v) is 3.55. The van der Waals surface area contributed by atoms with Crippen LogP contribution in [0, 0.1) is 0 Å². The Bertz CT molecular complexity index is 1070. The molecule has 1 aliphatic carbocycles. The Morgan fingerprint density at radius 3 is 2.69 bits per heavy atom. The molecule has 0 aliphatic heterocycles. The lowest BCUT2D eigenvalue weighted by Crippen LogP contribution is -2.20. The number of rotatable bonds is 4. The SMILES string of the molecule is CN(C)CCC(=O)Nc1ccc2c(c1)Cc1c-2[nH]c(=O)c2ccccc12. The number of benzene rings is 2. The van der Waals surface area contributed by atoms with Crippen molar-refractivity contribution < 1.29 is 4.79 Å². The third-order valence-corrected chi connectivity index (χ3v) is 4.85. The molecule has 0 bridgehead atoms. The van der Waals surface area contributed by atoms with E-state index in [1.54, 1.807) is 0 Å². The molecule has 5 heteroatoms. The van der Waals surface area contributed by atoms with Crippen molar-refractivity contribution >= 4 is 22.4 Å². The molecule has 0 saturated carbocycles. The summed E-state index contributed by atoms with van der Waals surface area (Å²) in [5.74, 6) is 0.00742. The number of hydrogen-bond donors (Lipinski definition) is 2. The van der Waals surface area contributed by atoms with Crippen molar-refractivity contribution in [2.24, 2.45) is 0 Å². The Kier molecular flexibility index (Phi) is 4.09. The highest BCUT2D eigenvalue weighted by molar-refractivity contribution is 5.95. The summed E-state index contributed by atoms with van der Waals surface area (Å²) in [7, 11) is 3.90. The quantitative estimate of drug-likeness (QED) is 0.596. The minimum atomic E-state index is -0.0618. The van der Waals surface area contributed by atoms with E-state index in [1.165, 1.54) is 0 Å². The van der Waals surface area contributed by atoms with Crippen molar-refractivity contribution in [1.29, 1.82) is 0 Å². The monoisotopic (exact) mass is 347 g/mol. The highest BCUT2D eigenvalue weighted by atomic mass is 16.1. The van der Waals surface area contributed by atoms with Crippen LogP contribution < -0.4 is 10.9 Å². The zero-order valence-electron chi connectivity index (χ0n) is 14.9. The molecule has 0 fully saturated rings. The second-order valence-corrected chi connectivity index (χ2v) is 7.00. The number of nitrogens with zero attached hydrogens (tertiary/aromatic N) is 1. The first-order valence-corrected chi connectivity index (χ1v) is 8.74. The summed E-state index contributed by atoms with van der Waals surface area (Å²) in [6, 6.07) is 13.6. The maximum Gasteiger partial charge on any atom is 0.256 e. The lowest BCUT2D eigenvalue weighted by molar-refractivity contribution is -0.116. The van der Waals surface area contributed by atoms with Gasteiger partial charge in [-0.25, -0.2) is 0 Å². The molecule has 4 rings (SSSR count).